The van der Waals surface area contributed by atoms with Crippen LogP contribution in [0.4, 0.5) is 0 Å². The van der Waals surface area contributed by atoms with Crippen molar-refractivity contribution >= 4 is 5.97 Å². The molecule has 2 atom stereocenters. The highest BCUT2D eigenvalue weighted by atomic mass is 16.4. The Hall–Kier alpha value is -0.610. The van der Waals surface area contributed by atoms with Crippen molar-refractivity contribution in [2.75, 3.05) is 19.6 Å². The number of hydrogen-bond donors (Lipinski definition) is 2. The van der Waals surface area contributed by atoms with Crippen molar-refractivity contribution < 1.29 is 9.90 Å². The third-order valence-electron chi connectivity index (χ3n) is 2.26. The summed E-state index contributed by atoms with van der Waals surface area (Å²) in [5.41, 5.74) is 5.69. The molecule has 1 unspecified atom stereocenters. The molecule has 3 N–H and O–H groups in total. The van der Waals surface area contributed by atoms with E-state index in [2.05, 4.69) is 4.90 Å². The van der Waals surface area contributed by atoms with E-state index in [1.54, 1.807) is 6.92 Å². The molecule has 70 valence electrons. The third-order valence-corrected chi connectivity index (χ3v) is 2.26. The van der Waals surface area contributed by atoms with Gasteiger partial charge in [-0.25, -0.2) is 0 Å². The van der Waals surface area contributed by atoms with Crippen LogP contribution in [0.1, 0.15) is 13.3 Å². The average molecular weight is 172 g/mol. The van der Waals surface area contributed by atoms with Gasteiger partial charge in [0.25, 0.3) is 0 Å². The lowest BCUT2D eigenvalue weighted by Crippen LogP contribution is -2.32. The van der Waals surface area contributed by atoms with Gasteiger partial charge in [-0.15, -0.1) is 0 Å². The van der Waals surface area contributed by atoms with E-state index in [9.17, 15) is 4.79 Å². The summed E-state index contributed by atoms with van der Waals surface area (Å²) < 4.78 is 0. The number of aliphatic carboxylic acids is 1. The Morgan fingerprint density at radius 3 is 2.92 bits per heavy atom. The fourth-order valence-corrected chi connectivity index (χ4v) is 1.49. The fourth-order valence-electron chi connectivity index (χ4n) is 1.49. The van der Waals surface area contributed by atoms with Gasteiger partial charge in [0.1, 0.15) is 0 Å². The lowest BCUT2D eigenvalue weighted by molar-refractivity contribution is -0.141. The van der Waals surface area contributed by atoms with Gasteiger partial charge in [0.15, 0.2) is 0 Å². The highest BCUT2D eigenvalue weighted by molar-refractivity contribution is 5.69. The van der Waals surface area contributed by atoms with Crippen LogP contribution >= 0.6 is 0 Å². The van der Waals surface area contributed by atoms with Crippen LogP contribution in [0, 0.1) is 5.92 Å². The van der Waals surface area contributed by atoms with Crippen molar-refractivity contribution in [2.24, 2.45) is 11.7 Å². The Bertz CT molecular complexity index is 172. The first-order valence-corrected chi connectivity index (χ1v) is 4.30. The monoisotopic (exact) mass is 172 g/mol. The van der Waals surface area contributed by atoms with Crippen LogP contribution in [0.5, 0.6) is 0 Å². The fraction of sp³-hybridized carbons (Fsp3) is 0.875. The van der Waals surface area contributed by atoms with Gasteiger partial charge in [0.2, 0.25) is 0 Å². The van der Waals surface area contributed by atoms with Crippen molar-refractivity contribution in [2.45, 2.75) is 19.4 Å². The molecule has 0 aromatic rings. The molecular weight excluding hydrogens is 156 g/mol. The summed E-state index contributed by atoms with van der Waals surface area (Å²) in [5, 5.41) is 8.65. The van der Waals surface area contributed by atoms with Crippen molar-refractivity contribution in [1.29, 1.82) is 0 Å². The highest BCUT2D eigenvalue weighted by Crippen LogP contribution is 2.09. The van der Waals surface area contributed by atoms with Crippen LogP contribution in [0.3, 0.4) is 0 Å². The average Bonchev–Trinajstić information content (AvgIpc) is 2.35. The van der Waals surface area contributed by atoms with Crippen LogP contribution in [-0.4, -0.2) is 41.7 Å². The van der Waals surface area contributed by atoms with E-state index in [1.165, 1.54) is 0 Å². The van der Waals surface area contributed by atoms with Crippen molar-refractivity contribution in [1.82, 2.24) is 4.90 Å². The number of carboxylic acid groups (broad SMARTS) is 1. The summed E-state index contributed by atoms with van der Waals surface area (Å²) in [6.45, 7) is 4.14. The minimum atomic E-state index is -0.726. The second-order valence-electron chi connectivity index (χ2n) is 3.55. The molecule has 12 heavy (non-hydrogen) atoms. The van der Waals surface area contributed by atoms with Crippen LogP contribution in [0.15, 0.2) is 0 Å². The van der Waals surface area contributed by atoms with Gasteiger partial charge in [-0.3, -0.25) is 4.79 Å². The topological polar surface area (TPSA) is 66.6 Å². The summed E-state index contributed by atoms with van der Waals surface area (Å²) >= 11 is 0. The number of carboxylic acids is 1. The zero-order valence-corrected chi connectivity index (χ0v) is 7.36. The Labute approximate surface area is 72.3 Å². The molecule has 0 bridgehead atoms. The maximum Gasteiger partial charge on any atom is 0.307 e. The Morgan fingerprint density at radius 1 is 1.83 bits per heavy atom. The van der Waals surface area contributed by atoms with Crippen LogP contribution in [0.2, 0.25) is 0 Å². The summed E-state index contributed by atoms with van der Waals surface area (Å²) in [7, 11) is 0. The molecule has 4 heteroatoms. The van der Waals surface area contributed by atoms with Crippen LogP contribution in [0.25, 0.3) is 0 Å². The normalized spacial score (nSPS) is 27.3. The summed E-state index contributed by atoms with van der Waals surface area (Å²) in [5.74, 6) is -1.01. The molecule has 0 aromatic carbocycles. The molecule has 1 aliphatic rings. The summed E-state index contributed by atoms with van der Waals surface area (Å²) in [6.07, 6.45) is 0.992. The number of nitrogens with two attached hydrogens (primary N) is 1. The number of rotatable bonds is 3. The Balaban J connectivity index is 2.27. The SMILES string of the molecule is CC(CN1CC[C@@H](N)C1)C(=O)O. The summed E-state index contributed by atoms with van der Waals surface area (Å²) in [4.78, 5) is 12.6. The molecule has 1 saturated heterocycles. The third kappa shape index (κ3) is 2.46. The van der Waals surface area contributed by atoms with Crippen molar-refractivity contribution in [3.8, 4) is 0 Å². The van der Waals surface area contributed by atoms with E-state index < -0.39 is 5.97 Å². The predicted molar refractivity (Wildman–Crippen MR) is 45.8 cm³/mol. The first-order valence-electron chi connectivity index (χ1n) is 4.30. The molecule has 4 nitrogen and oxygen atoms in total. The lowest BCUT2D eigenvalue weighted by atomic mass is 10.2. The van der Waals surface area contributed by atoms with Crippen molar-refractivity contribution in [3.63, 3.8) is 0 Å². The maximum atomic E-state index is 10.5. The van der Waals surface area contributed by atoms with Gasteiger partial charge in [0.05, 0.1) is 5.92 Å². The highest BCUT2D eigenvalue weighted by Gasteiger charge is 2.22. The first-order chi connectivity index (χ1) is 5.59. The zero-order valence-electron chi connectivity index (χ0n) is 7.36. The van der Waals surface area contributed by atoms with Crippen LogP contribution < -0.4 is 5.73 Å². The maximum absolute atomic E-state index is 10.5. The van der Waals surface area contributed by atoms with Gasteiger partial charge < -0.3 is 15.7 Å². The number of likely N-dealkylation sites (tertiary alicyclic amines) is 1. The van der Waals surface area contributed by atoms with E-state index in [4.69, 9.17) is 10.8 Å². The standard InChI is InChI=1S/C8H16N2O2/c1-6(8(11)12)4-10-3-2-7(9)5-10/h6-7H,2-5,9H2,1H3,(H,11,12)/t6?,7-/m1/s1. The molecule has 0 aromatic heterocycles. The van der Waals surface area contributed by atoms with E-state index in [0.717, 1.165) is 19.5 Å². The molecule has 1 fully saturated rings. The number of hydrogen-bond acceptors (Lipinski definition) is 3. The van der Waals surface area contributed by atoms with Gasteiger partial charge in [0, 0.05) is 19.1 Å². The van der Waals surface area contributed by atoms with Gasteiger partial charge >= 0.3 is 5.97 Å². The predicted octanol–water partition coefficient (Wildman–Crippen LogP) is -0.260. The van der Waals surface area contributed by atoms with Crippen molar-refractivity contribution in [3.05, 3.63) is 0 Å². The molecule has 0 amide bonds. The first kappa shape index (κ1) is 9.48. The molecular formula is C8H16N2O2. The van der Waals surface area contributed by atoms with E-state index in [0.29, 0.717) is 6.54 Å². The zero-order chi connectivity index (χ0) is 9.14. The largest absolute Gasteiger partial charge is 0.481 e. The molecule has 0 saturated carbocycles. The smallest absolute Gasteiger partial charge is 0.307 e. The molecule has 0 aliphatic carbocycles. The van der Waals surface area contributed by atoms with E-state index in [-0.39, 0.29) is 12.0 Å². The lowest BCUT2D eigenvalue weighted by Gasteiger charge is -2.17. The Kier molecular flexibility index (Phi) is 3.05. The minimum Gasteiger partial charge on any atom is -0.481 e. The number of nitrogens with zero attached hydrogens (tertiary/aromatic N) is 1. The Morgan fingerprint density at radius 2 is 2.50 bits per heavy atom. The quantitative estimate of drug-likeness (QED) is 0.615. The van der Waals surface area contributed by atoms with E-state index in [1.807, 2.05) is 0 Å². The second-order valence-corrected chi connectivity index (χ2v) is 3.55. The molecule has 1 aliphatic heterocycles. The molecule has 1 rings (SSSR count). The molecule has 0 spiro atoms. The van der Waals surface area contributed by atoms with Crippen LogP contribution in [-0.2, 0) is 4.79 Å². The van der Waals surface area contributed by atoms with Gasteiger partial charge in [-0.1, -0.05) is 6.92 Å². The second kappa shape index (κ2) is 3.87. The van der Waals surface area contributed by atoms with Gasteiger partial charge in [-0.2, -0.15) is 0 Å². The minimum absolute atomic E-state index is 0.242. The van der Waals surface area contributed by atoms with Gasteiger partial charge in [-0.05, 0) is 13.0 Å². The summed E-state index contributed by atoms with van der Waals surface area (Å²) in [6, 6.07) is 0.242. The molecule has 1 heterocycles. The number of carbonyl (C=O) groups is 1. The molecule has 0 radical (unpaired) electrons. The van der Waals surface area contributed by atoms with E-state index >= 15 is 0 Å².